The first-order valence-electron chi connectivity index (χ1n) is 9.08. The molecule has 1 heterocycles. The van der Waals surface area contributed by atoms with E-state index in [1.165, 1.54) is 0 Å². The van der Waals surface area contributed by atoms with Crippen molar-refractivity contribution in [3.05, 3.63) is 29.8 Å². The van der Waals surface area contributed by atoms with E-state index in [1.807, 2.05) is 6.92 Å². The third kappa shape index (κ3) is 4.85. The van der Waals surface area contributed by atoms with E-state index < -0.39 is 21.9 Å². The molecule has 27 heavy (non-hydrogen) atoms. The fourth-order valence-corrected chi connectivity index (χ4v) is 4.33. The molecule has 1 aromatic carbocycles. The smallest absolute Gasteiger partial charge is 0.307 e. The van der Waals surface area contributed by atoms with Gasteiger partial charge in [-0.1, -0.05) is 17.7 Å². The minimum Gasteiger partial charge on any atom is -0.481 e. The largest absolute Gasteiger partial charge is 0.481 e. The van der Waals surface area contributed by atoms with Crippen LogP contribution in [0.1, 0.15) is 12.0 Å². The molecule has 1 amide bonds. The second-order valence-electron chi connectivity index (χ2n) is 7.16. The Morgan fingerprint density at radius 3 is 2.30 bits per heavy atom. The predicted molar refractivity (Wildman–Crippen MR) is 98.6 cm³/mol. The molecule has 2 fully saturated rings. The molecule has 2 aliphatic rings. The summed E-state index contributed by atoms with van der Waals surface area (Å²) < 4.78 is 27.1. The van der Waals surface area contributed by atoms with Crippen LogP contribution in [-0.4, -0.2) is 74.5 Å². The number of carbonyl (C=O) groups is 2. The fourth-order valence-electron chi connectivity index (χ4n) is 3.31. The number of nitrogens with zero attached hydrogens (tertiary/aromatic N) is 2. The SMILES string of the molecule is Cc1ccc(S(=O)(=O)NCCN2CCN(C(=O)[C@@H]3C[C@H]3C(=O)O)CC2)cc1. The number of amides is 1. The second-order valence-corrected chi connectivity index (χ2v) is 8.93. The number of benzene rings is 1. The number of aliphatic carboxylic acids is 1. The van der Waals surface area contributed by atoms with Crippen LogP contribution in [0.5, 0.6) is 0 Å². The van der Waals surface area contributed by atoms with Gasteiger partial charge in [-0.3, -0.25) is 14.5 Å². The maximum atomic E-state index is 12.3. The van der Waals surface area contributed by atoms with Gasteiger partial charge in [0.05, 0.1) is 16.7 Å². The first-order valence-corrected chi connectivity index (χ1v) is 10.6. The quantitative estimate of drug-likeness (QED) is 0.680. The van der Waals surface area contributed by atoms with E-state index in [1.54, 1.807) is 29.2 Å². The minimum atomic E-state index is -3.52. The van der Waals surface area contributed by atoms with Crippen LogP contribution >= 0.6 is 0 Å². The Morgan fingerprint density at radius 1 is 1.11 bits per heavy atom. The Kier molecular flexibility index (Phi) is 5.83. The summed E-state index contributed by atoms with van der Waals surface area (Å²) in [6.07, 6.45) is 0.440. The van der Waals surface area contributed by atoms with Gasteiger partial charge in [0, 0.05) is 39.3 Å². The highest BCUT2D eigenvalue weighted by Gasteiger charge is 2.49. The Labute approximate surface area is 159 Å². The first-order chi connectivity index (χ1) is 12.8. The van der Waals surface area contributed by atoms with Crippen molar-refractivity contribution in [2.24, 2.45) is 11.8 Å². The molecule has 1 saturated carbocycles. The normalized spacial score (nSPS) is 23.2. The molecule has 148 valence electrons. The van der Waals surface area contributed by atoms with Crippen LogP contribution < -0.4 is 4.72 Å². The molecule has 0 bridgehead atoms. The molecule has 9 heteroatoms. The predicted octanol–water partition coefficient (Wildman–Crippen LogP) is 0.138. The van der Waals surface area contributed by atoms with E-state index in [9.17, 15) is 18.0 Å². The van der Waals surface area contributed by atoms with Crippen molar-refractivity contribution in [3.8, 4) is 0 Å². The lowest BCUT2D eigenvalue weighted by atomic mass is 10.2. The lowest BCUT2D eigenvalue weighted by molar-refractivity contribution is -0.142. The lowest BCUT2D eigenvalue weighted by Crippen LogP contribution is -2.50. The van der Waals surface area contributed by atoms with E-state index in [2.05, 4.69) is 9.62 Å². The number of nitrogens with one attached hydrogen (secondary N) is 1. The van der Waals surface area contributed by atoms with E-state index in [4.69, 9.17) is 5.11 Å². The summed E-state index contributed by atoms with van der Waals surface area (Å²) in [4.78, 5) is 27.2. The van der Waals surface area contributed by atoms with Crippen molar-refractivity contribution < 1.29 is 23.1 Å². The van der Waals surface area contributed by atoms with E-state index in [-0.39, 0.29) is 16.7 Å². The van der Waals surface area contributed by atoms with Crippen molar-refractivity contribution >= 4 is 21.9 Å². The van der Waals surface area contributed by atoms with Crippen LogP contribution in [-0.2, 0) is 19.6 Å². The number of carbonyl (C=O) groups excluding carboxylic acids is 1. The molecule has 0 unspecified atom stereocenters. The van der Waals surface area contributed by atoms with Gasteiger partial charge in [-0.2, -0.15) is 0 Å². The number of hydrogen-bond donors (Lipinski definition) is 2. The van der Waals surface area contributed by atoms with Crippen LogP contribution in [0.4, 0.5) is 0 Å². The number of piperazine rings is 1. The van der Waals surface area contributed by atoms with Crippen molar-refractivity contribution in [1.82, 2.24) is 14.5 Å². The Bertz CT molecular complexity index is 801. The van der Waals surface area contributed by atoms with Crippen molar-refractivity contribution in [2.45, 2.75) is 18.2 Å². The van der Waals surface area contributed by atoms with Crippen LogP contribution in [0.3, 0.4) is 0 Å². The second kappa shape index (κ2) is 7.95. The molecule has 3 rings (SSSR count). The minimum absolute atomic E-state index is 0.0675. The monoisotopic (exact) mass is 395 g/mol. The summed E-state index contributed by atoms with van der Waals surface area (Å²) in [5.74, 6) is -1.85. The van der Waals surface area contributed by atoms with Crippen molar-refractivity contribution in [1.29, 1.82) is 0 Å². The Hall–Kier alpha value is -1.97. The summed E-state index contributed by atoms with van der Waals surface area (Å²) in [5.41, 5.74) is 1.00. The van der Waals surface area contributed by atoms with Gasteiger partial charge < -0.3 is 10.0 Å². The van der Waals surface area contributed by atoms with E-state index in [0.717, 1.165) is 5.56 Å². The molecular formula is C18H25N3O5S. The third-order valence-corrected chi connectivity index (χ3v) is 6.64. The highest BCUT2D eigenvalue weighted by Crippen LogP contribution is 2.40. The number of carboxylic acid groups (broad SMARTS) is 1. The van der Waals surface area contributed by atoms with Gasteiger partial charge in [0.1, 0.15) is 0 Å². The van der Waals surface area contributed by atoms with Gasteiger partial charge in [0.25, 0.3) is 0 Å². The molecule has 1 saturated heterocycles. The van der Waals surface area contributed by atoms with Crippen LogP contribution in [0.15, 0.2) is 29.2 Å². The highest BCUT2D eigenvalue weighted by atomic mass is 32.2. The standard InChI is InChI=1S/C18H25N3O5S/c1-13-2-4-14(5-3-13)27(25,26)19-6-7-20-8-10-21(11-9-20)17(22)15-12-16(15)18(23)24/h2-5,15-16,19H,6-12H2,1H3,(H,23,24)/t15-,16-/m1/s1. The number of rotatable bonds is 7. The average Bonchev–Trinajstić information content (AvgIpc) is 3.43. The maximum Gasteiger partial charge on any atom is 0.307 e. The van der Waals surface area contributed by atoms with Crippen LogP contribution in [0.2, 0.25) is 0 Å². The first kappa shape index (κ1) is 19.8. The average molecular weight is 395 g/mol. The number of hydrogen-bond acceptors (Lipinski definition) is 5. The maximum absolute atomic E-state index is 12.3. The van der Waals surface area contributed by atoms with Gasteiger partial charge in [-0.15, -0.1) is 0 Å². The van der Waals surface area contributed by atoms with Gasteiger partial charge in [0.15, 0.2) is 0 Å². The summed E-state index contributed by atoms with van der Waals surface area (Å²) >= 11 is 0. The van der Waals surface area contributed by atoms with Gasteiger partial charge in [-0.25, -0.2) is 13.1 Å². The summed E-state index contributed by atoms with van der Waals surface area (Å²) in [6, 6.07) is 6.70. The van der Waals surface area contributed by atoms with Gasteiger partial charge >= 0.3 is 5.97 Å². The van der Waals surface area contributed by atoms with E-state index >= 15 is 0 Å². The molecule has 2 N–H and O–H groups in total. The molecule has 0 aromatic heterocycles. The topological polar surface area (TPSA) is 107 Å². The van der Waals surface area contributed by atoms with Crippen LogP contribution in [0.25, 0.3) is 0 Å². The zero-order chi connectivity index (χ0) is 19.6. The lowest BCUT2D eigenvalue weighted by Gasteiger charge is -2.34. The molecule has 1 aromatic rings. The molecule has 1 aliphatic heterocycles. The Balaban J connectivity index is 1.40. The van der Waals surface area contributed by atoms with Crippen molar-refractivity contribution in [2.75, 3.05) is 39.3 Å². The number of aryl methyl sites for hydroxylation is 1. The highest BCUT2D eigenvalue weighted by molar-refractivity contribution is 7.89. The number of carboxylic acids is 1. The Morgan fingerprint density at radius 2 is 1.74 bits per heavy atom. The summed E-state index contributed by atoms with van der Waals surface area (Å²) in [7, 11) is -3.52. The molecule has 2 atom stereocenters. The summed E-state index contributed by atoms with van der Waals surface area (Å²) in [6.45, 7) is 5.17. The third-order valence-electron chi connectivity index (χ3n) is 5.16. The zero-order valence-electron chi connectivity index (χ0n) is 15.3. The molecule has 0 spiro atoms. The van der Waals surface area contributed by atoms with Crippen molar-refractivity contribution in [3.63, 3.8) is 0 Å². The van der Waals surface area contributed by atoms with E-state index in [0.29, 0.717) is 45.7 Å². The molecule has 1 aliphatic carbocycles. The molecule has 0 radical (unpaired) electrons. The van der Waals surface area contributed by atoms with Gasteiger partial charge in [-0.05, 0) is 25.5 Å². The zero-order valence-corrected chi connectivity index (χ0v) is 16.1. The molecular weight excluding hydrogens is 370 g/mol. The fraction of sp³-hybridized carbons (Fsp3) is 0.556. The van der Waals surface area contributed by atoms with Crippen LogP contribution in [0, 0.1) is 18.8 Å². The summed E-state index contributed by atoms with van der Waals surface area (Å²) in [5, 5.41) is 8.94. The molecule has 8 nitrogen and oxygen atoms in total. The number of sulfonamides is 1. The van der Waals surface area contributed by atoms with Gasteiger partial charge in [0.2, 0.25) is 15.9 Å².